The molecule has 0 atom stereocenters. The Labute approximate surface area is 330 Å². The van der Waals surface area contributed by atoms with Gasteiger partial charge in [-0.15, -0.1) is 0 Å². The Morgan fingerprint density at radius 3 is 1.75 bits per heavy atom. The molecule has 314 valence electrons. The highest BCUT2D eigenvalue weighted by Gasteiger charge is 2.41. The number of hydrogen-bond donors (Lipinski definition) is 1. The van der Waals surface area contributed by atoms with E-state index >= 15 is 0 Å². The van der Waals surface area contributed by atoms with Crippen molar-refractivity contribution in [2.75, 3.05) is 39.5 Å². The molecular weight excluding hydrogens is 659 g/mol. The van der Waals surface area contributed by atoms with Gasteiger partial charge in [0.2, 0.25) is 0 Å². The number of ether oxygens (including phenoxy) is 2. The Kier molecular flexibility index (Phi) is 31.1. The smallest absolute Gasteiger partial charge is 0.311 e. The number of rotatable bonds is 40. The topological polar surface area (TPSA) is 76.1 Å². The van der Waals surface area contributed by atoms with Gasteiger partial charge in [-0.1, -0.05) is 143 Å². The summed E-state index contributed by atoms with van der Waals surface area (Å²) in [6, 6.07) is 0. The lowest BCUT2D eigenvalue weighted by Crippen LogP contribution is -2.30. The third-order valence-electron chi connectivity index (χ3n) is 12.1. The normalized spacial score (nSPS) is 14.0. The standard InChI is InChI=1S/C47H91NO5/c1-6-9-12-15-16-19-24-31-44(50)52-41-28-26-33-47(34-35-47)36-38-48(39-40-49)37-27-21-20-25-32-46(4,5)45(51)53-42-43(29-22-17-13-10-7-2)30-23-18-14-11-8-3/h43,49H,6-42H2,1-5H3. The molecule has 0 aromatic carbocycles. The van der Waals surface area contributed by atoms with Gasteiger partial charge in [-0.05, 0) is 109 Å². The fourth-order valence-corrected chi connectivity index (χ4v) is 7.89. The number of nitrogens with zero attached hydrogens (tertiary/aromatic N) is 1. The second-order valence-corrected chi connectivity index (χ2v) is 17.8. The van der Waals surface area contributed by atoms with Crippen molar-refractivity contribution in [2.24, 2.45) is 16.7 Å². The highest BCUT2D eigenvalue weighted by atomic mass is 16.5. The Morgan fingerprint density at radius 1 is 0.623 bits per heavy atom. The summed E-state index contributed by atoms with van der Waals surface area (Å²) in [5.41, 5.74) is 0.0438. The van der Waals surface area contributed by atoms with E-state index in [2.05, 4.69) is 39.5 Å². The van der Waals surface area contributed by atoms with Crippen LogP contribution in [-0.4, -0.2) is 61.4 Å². The molecule has 0 unspecified atom stereocenters. The summed E-state index contributed by atoms with van der Waals surface area (Å²) in [7, 11) is 0. The molecule has 1 saturated carbocycles. The molecule has 1 aliphatic carbocycles. The van der Waals surface area contributed by atoms with Crippen molar-refractivity contribution >= 4 is 11.9 Å². The molecule has 53 heavy (non-hydrogen) atoms. The molecule has 0 heterocycles. The van der Waals surface area contributed by atoms with E-state index in [-0.39, 0.29) is 18.5 Å². The van der Waals surface area contributed by atoms with Crippen molar-refractivity contribution < 1.29 is 24.2 Å². The summed E-state index contributed by atoms with van der Waals surface area (Å²) in [4.78, 5) is 27.7. The van der Waals surface area contributed by atoms with E-state index in [1.165, 1.54) is 135 Å². The largest absolute Gasteiger partial charge is 0.466 e. The van der Waals surface area contributed by atoms with E-state index in [0.29, 0.717) is 31.0 Å². The first kappa shape index (κ1) is 49.9. The molecule has 1 aliphatic rings. The fraction of sp³-hybridized carbons (Fsp3) is 0.957. The van der Waals surface area contributed by atoms with E-state index in [0.717, 1.165) is 77.4 Å². The Hall–Kier alpha value is -1.14. The minimum absolute atomic E-state index is 0.0117. The quantitative estimate of drug-likeness (QED) is 0.0496. The third-order valence-corrected chi connectivity index (χ3v) is 12.1. The van der Waals surface area contributed by atoms with Gasteiger partial charge in [-0.3, -0.25) is 9.59 Å². The monoisotopic (exact) mass is 750 g/mol. The lowest BCUT2D eigenvalue weighted by atomic mass is 9.86. The lowest BCUT2D eigenvalue weighted by molar-refractivity contribution is -0.156. The van der Waals surface area contributed by atoms with Crippen LogP contribution in [0.1, 0.15) is 234 Å². The number of unbranched alkanes of at least 4 members (excludes halogenated alkanes) is 18. The van der Waals surface area contributed by atoms with Gasteiger partial charge in [0, 0.05) is 13.0 Å². The fourth-order valence-electron chi connectivity index (χ4n) is 7.89. The minimum Gasteiger partial charge on any atom is -0.466 e. The molecule has 0 radical (unpaired) electrons. The number of carbonyl (C=O) groups is 2. The van der Waals surface area contributed by atoms with Crippen LogP contribution in [0, 0.1) is 16.7 Å². The number of aliphatic hydroxyl groups excluding tert-OH is 1. The zero-order chi connectivity index (χ0) is 38.9. The van der Waals surface area contributed by atoms with Crippen molar-refractivity contribution in [1.82, 2.24) is 4.90 Å². The van der Waals surface area contributed by atoms with E-state index in [1.54, 1.807) is 0 Å². The van der Waals surface area contributed by atoms with Crippen molar-refractivity contribution in [2.45, 2.75) is 234 Å². The number of hydrogen-bond acceptors (Lipinski definition) is 6. The highest BCUT2D eigenvalue weighted by molar-refractivity contribution is 5.75. The molecule has 0 aliphatic heterocycles. The molecule has 0 bridgehead atoms. The Bertz CT molecular complexity index is 842. The molecular formula is C47H91NO5. The van der Waals surface area contributed by atoms with E-state index in [1.807, 2.05) is 0 Å². The van der Waals surface area contributed by atoms with Crippen LogP contribution in [0.2, 0.25) is 0 Å². The summed E-state index contributed by atoms with van der Waals surface area (Å²) in [6.07, 6.45) is 37.0. The van der Waals surface area contributed by atoms with Crippen LogP contribution in [-0.2, 0) is 19.1 Å². The molecule has 6 nitrogen and oxygen atoms in total. The first-order chi connectivity index (χ1) is 25.7. The Morgan fingerprint density at radius 2 is 1.17 bits per heavy atom. The summed E-state index contributed by atoms with van der Waals surface area (Å²) >= 11 is 0. The summed E-state index contributed by atoms with van der Waals surface area (Å²) < 4.78 is 11.5. The van der Waals surface area contributed by atoms with E-state index in [4.69, 9.17) is 9.47 Å². The van der Waals surface area contributed by atoms with Crippen LogP contribution in [0.15, 0.2) is 0 Å². The van der Waals surface area contributed by atoms with Gasteiger partial charge in [0.05, 0.1) is 25.2 Å². The van der Waals surface area contributed by atoms with Gasteiger partial charge in [0.15, 0.2) is 0 Å². The molecule has 1 fully saturated rings. The molecule has 1 rings (SSSR count). The zero-order valence-corrected chi connectivity index (χ0v) is 36.3. The second kappa shape index (κ2) is 33.0. The first-order valence-corrected chi connectivity index (χ1v) is 23.4. The predicted octanol–water partition coefficient (Wildman–Crippen LogP) is 13.2. The van der Waals surface area contributed by atoms with Crippen LogP contribution in [0.25, 0.3) is 0 Å². The van der Waals surface area contributed by atoms with Crippen LogP contribution in [0.3, 0.4) is 0 Å². The summed E-state index contributed by atoms with van der Waals surface area (Å²) in [6.45, 7) is 15.1. The van der Waals surface area contributed by atoms with Gasteiger partial charge in [-0.25, -0.2) is 0 Å². The van der Waals surface area contributed by atoms with Crippen molar-refractivity contribution in [3.63, 3.8) is 0 Å². The SMILES string of the molecule is CCCCCCCCCC(=O)OCCCCC1(CCN(CCO)CCCCCCC(C)(C)C(=O)OCC(CCCCCCC)CCCCCCC)CC1. The lowest BCUT2D eigenvalue weighted by Gasteiger charge is -2.25. The number of aliphatic hydroxyl groups is 1. The average Bonchev–Trinajstić information content (AvgIpc) is 3.92. The van der Waals surface area contributed by atoms with Gasteiger partial charge in [-0.2, -0.15) is 0 Å². The van der Waals surface area contributed by atoms with Gasteiger partial charge >= 0.3 is 11.9 Å². The maximum absolute atomic E-state index is 13.2. The zero-order valence-electron chi connectivity index (χ0n) is 36.3. The van der Waals surface area contributed by atoms with Crippen LogP contribution in [0.4, 0.5) is 0 Å². The third kappa shape index (κ3) is 28.0. The molecule has 0 spiro atoms. The van der Waals surface area contributed by atoms with Crippen molar-refractivity contribution in [3.05, 3.63) is 0 Å². The molecule has 0 aromatic heterocycles. The number of carbonyl (C=O) groups excluding carboxylic acids is 2. The van der Waals surface area contributed by atoms with E-state index < -0.39 is 5.41 Å². The summed E-state index contributed by atoms with van der Waals surface area (Å²) in [5, 5.41) is 9.72. The molecule has 0 amide bonds. The van der Waals surface area contributed by atoms with Crippen molar-refractivity contribution in [1.29, 1.82) is 0 Å². The van der Waals surface area contributed by atoms with E-state index in [9.17, 15) is 14.7 Å². The van der Waals surface area contributed by atoms with Gasteiger partial charge < -0.3 is 19.5 Å². The van der Waals surface area contributed by atoms with Crippen molar-refractivity contribution in [3.8, 4) is 0 Å². The molecule has 0 aromatic rings. The van der Waals surface area contributed by atoms with Crippen LogP contribution < -0.4 is 0 Å². The maximum atomic E-state index is 13.2. The van der Waals surface area contributed by atoms with Gasteiger partial charge in [0.25, 0.3) is 0 Å². The summed E-state index contributed by atoms with van der Waals surface area (Å²) in [5.74, 6) is 0.481. The van der Waals surface area contributed by atoms with Crippen LogP contribution >= 0.6 is 0 Å². The minimum atomic E-state index is -0.427. The van der Waals surface area contributed by atoms with Crippen LogP contribution in [0.5, 0.6) is 0 Å². The van der Waals surface area contributed by atoms with Gasteiger partial charge in [0.1, 0.15) is 0 Å². The Balaban J connectivity index is 2.24. The highest BCUT2D eigenvalue weighted by Crippen LogP contribution is 2.52. The second-order valence-electron chi connectivity index (χ2n) is 17.8. The predicted molar refractivity (Wildman–Crippen MR) is 225 cm³/mol. The molecule has 1 N–H and O–H groups in total. The molecule has 0 saturated heterocycles. The number of esters is 2. The molecule has 6 heteroatoms. The first-order valence-electron chi connectivity index (χ1n) is 23.4. The maximum Gasteiger partial charge on any atom is 0.311 e. The average molecular weight is 750 g/mol.